The second-order valence-electron chi connectivity index (χ2n) is 7.82. The molecule has 2 aromatic carbocycles. The van der Waals surface area contributed by atoms with Crippen molar-refractivity contribution >= 4 is 5.97 Å². The van der Waals surface area contributed by atoms with Crippen LogP contribution in [0.3, 0.4) is 0 Å². The van der Waals surface area contributed by atoms with Gasteiger partial charge in [0.15, 0.2) is 0 Å². The van der Waals surface area contributed by atoms with Crippen LogP contribution in [0.1, 0.15) is 48.1 Å². The topological polar surface area (TPSA) is 55.8 Å². The number of hydrogen-bond acceptors (Lipinski definition) is 3. The van der Waals surface area contributed by atoms with Crippen molar-refractivity contribution in [1.29, 1.82) is 0 Å². The first-order valence-electron chi connectivity index (χ1n) is 9.09. The molecule has 1 heterocycles. The molecule has 0 saturated heterocycles. The molecule has 5 heteroatoms. The van der Waals surface area contributed by atoms with Crippen LogP contribution in [0.15, 0.2) is 24.3 Å². The van der Waals surface area contributed by atoms with Crippen LogP contribution in [0.25, 0.3) is 0 Å². The first kappa shape index (κ1) is 19.2. The summed E-state index contributed by atoms with van der Waals surface area (Å²) < 4.78 is 26.0. The molecule has 1 N–H and O–H groups in total. The monoisotopic (exact) mass is 372 g/mol. The zero-order valence-corrected chi connectivity index (χ0v) is 16.2. The van der Waals surface area contributed by atoms with E-state index in [0.717, 1.165) is 22.3 Å². The molecule has 0 aromatic heterocycles. The molecule has 0 saturated carbocycles. The van der Waals surface area contributed by atoms with E-state index >= 15 is 0 Å². The van der Waals surface area contributed by atoms with E-state index in [1.165, 1.54) is 12.1 Å². The molecule has 3 rings (SSSR count). The van der Waals surface area contributed by atoms with Crippen molar-refractivity contribution in [3.8, 4) is 11.5 Å². The molecule has 0 spiro atoms. The number of carboxylic acids is 1. The van der Waals surface area contributed by atoms with Gasteiger partial charge in [-0.1, -0.05) is 6.07 Å². The van der Waals surface area contributed by atoms with E-state index < -0.39 is 5.97 Å². The molecule has 0 fully saturated rings. The fraction of sp³-hybridized carbons (Fsp3) is 0.409. The van der Waals surface area contributed by atoms with Gasteiger partial charge in [-0.3, -0.25) is 4.79 Å². The predicted octanol–water partition coefficient (Wildman–Crippen LogP) is 4.75. The number of carbonyl (C=O) groups is 1. The van der Waals surface area contributed by atoms with E-state index in [-0.39, 0.29) is 24.4 Å². The Morgan fingerprint density at radius 1 is 1.19 bits per heavy atom. The quantitative estimate of drug-likeness (QED) is 0.795. The maximum Gasteiger partial charge on any atom is 0.303 e. The van der Waals surface area contributed by atoms with E-state index in [2.05, 4.69) is 0 Å². The van der Waals surface area contributed by atoms with Crippen LogP contribution in [0.4, 0.5) is 4.39 Å². The lowest BCUT2D eigenvalue weighted by Gasteiger charge is -2.19. The predicted molar refractivity (Wildman–Crippen MR) is 101 cm³/mol. The van der Waals surface area contributed by atoms with Crippen molar-refractivity contribution in [1.82, 2.24) is 0 Å². The fourth-order valence-corrected chi connectivity index (χ4v) is 3.52. The average Bonchev–Trinajstić information content (AvgIpc) is 2.87. The fourth-order valence-electron chi connectivity index (χ4n) is 3.52. The molecule has 0 amide bonds. The third-order valence-electron chi connectivity index (χ3n) is 4.83. The maximum atomic E-state index is 14.0. The lowest BCUT2D eigenvalue weighted by atomic mass is 10.00. The second kappa shape index (κ2) is 7.22. The Bertz CT molecular complexity index is 886. The minimum Gasteiger partial charge on any atom is -0.488 e. The van der Waals surface area contributed by atoms with Crippen molar-refractivity contribution in [2.75, 3.05) is 0 Å². The summed E-state index contributed by atoms with van der Waals surface area (Å²) in [6.45, 7) is 8.05. The van der Waals surface area contributed by atoms with Gasteiger partial charge in [-0.25, -0.2) is 4.39 Å². The highest BCUT2D eigenvalue weighted by Gasteiger charge is 2.32. The molecule has 2 aromatic rings. The molecule has 4 nitrogen and oxygen atoms in total. The Morgan fingerprint density at radius 3 is 2.63 bits per heavy atom. The van der Waals surface area contributed by atoms with Crippen molar-refractivity contribution < 1.29 is 23.8 Å². The molecule has 0 atom stereocenters. The summed E-state index contributed by atoms with van der Waals surface area (Å²) >= 11 is 0. The minimum absolute atomic E-state index is 0.100. The zero-order valence-electron chi connectivity index (χ0n) is 16.2. The van der Waals surface area contributed by atoms with Crippen LogP contribution >= 0.6 is 0 Å². The lowest BCUT2D eigenvalue weighted by Crippen LogP contribution is -2.25. The van der Waals surface area contributed by atoms with Crippen LogP contribution in [0.5, 0.6) is 11.5 Å². The molecule has 0 bridgehead atoms. The van der Waals surface area contributed by atoms with Gasteiger partial charge in [0.2, 0.25) is 0 Å². The van der Waals surface area contributed by atoms with Crippen LogP contribution in [-0.2, 0) is 24.2 Å². The average molecular weight is 372 g/mol. The third kappa shape index (κ3) is 4.41. The molecule has 144 valence electrons. The van der Waals surface area contributed by atoms with Gasteiger partial charge in [0.05, 0.1) is 0 Å². The summed E-state index contributed by atoms with van der Waals surface area (Å²) in [5, 5.41) is 8.87. The summed E-state index contributed by atoms with van der Waals surface area (Å²) in [7, 11) is 0. The number of ether oxygens (including phenoxy) is 2. The number of rotatable bonds is 6. The SMILES string of the molecule is Cc1cc(OCc2cc(F)cc3c2OC(C)(C)C3)c(C)cc1CCC(=O)O. The first-order chi connectivity index (χ1) is 12.6. The van der Waals surface area contributed by atoms with Crippen molar-refractivity contribution in [2.45, 2.75) is 59.2 Å². The molecular formula is C22H25FO4. The van der Waals surface area contributed by atoms with Gasteiger partial charge in [0.25, 0.3) is 0 Å². The number of carboxylic acid groups (broad SMARTS) is 1. The van der Waals surface area contributed by atoms with Crippen molar-refractivity contribution in [3.05, 3.63) is 57.9 Å². The summed E-state index contributed by atoms with van der Waals surface area (Å²) in [5.74, 6) is 0.330. The van der Waals surface area contributed by atoms with Gasteiger partial charge in [0.1, 0.15) is 29.5 Å². The Hall–Kier alpha value is -2.56. The highest BCUT2D eigenvalue weighted by atomic mass is 19.1. The Labute approximate surface area is 158 Å². The highest BCUT2D eigenvalue weighted by Crippen LogP contribution is 2.39. The molecule has 0 radical (unpaired) electrons. The summed E-state index contributed by atoms with van der Waals surface area (Å²) in [6, 6.07) is 6.87. The lowest BCUT2D eigenvalue weighted by molar-refractivity contribution is -0.136. The van der Waals surface area contributed by atoms with E-state index in [1.54, 1.807) is 0 Å². The van der Waals surface area contributed by atoms with Gasteiger partial charge >= 0.3 is 5.97 Å². The molecule has 0 aliphatic carbocycles. The second-order valence-corrected chi connectivity index (χ2v) is 7.82. The highest BCUT2D eigenvalue weighted by molar-refractivity contribution is 5.67. The van der Waals surface area contributed by atoms with Gasteiger partial charge in [-0.2, -0.15) is 0 Å². The molecule has 27 heavy (non-hydrogen) atoms. The zero-order chi connectivity index (χ0) is 19.8. The number of hydrogen-bond donors (Lipinski definition) is 1. The first-order valence-corrected chi connectivity index (χ1v) is 9.09. The maximum absolute atomic E-state index is 14.0. The third-order valence-corrected chi connectivity index (χ3v) is 4.83. The number of aliphatic carboxylic acids is 1. The number of benzene rings is 2. The van der Waals surface area contributed by atoms with Gasteiger partial charge in [0, 0.05) is 24.0 Å². The number of fused-ring (bicyclic) bond motifs is 1. The standard InChI is InChI=1S/C22H25FO4/c1-13-8-19(14(2)7-15(13)5-6-20(24)25)26-12-17-10-18(23)9-16-11-22(3,4)27-21(16)17/h7-10H,5-6,11-12H2,1-4H3,(H,24,25). The number of halogens is 1. The van der Waals surface area contributed by atoms with Crippen LogP contribution < -0.4 is 9.47 Å². The van der Waals surface area contributed by atoms with Crippen LogP contribution in [-0.4, -0.2) is 16.7 Å². The Kier molecular flexibility index (Phi) is 5.13. The Morgan fingerprint density at radius 2 is 1.93 bits per heavy atom. The van der Waals surface area contributed by atoms with Crippen molar-refractivity contribution in [2.24, 2.45) is 0 Å². The van der Waals surface area contributed by atoms with Gasteiger partial charge in [-0.15, -0.1) is 0 Å². The normalized spacial score (nSPS) is 14.6. The Balaban J connectivity index is 1.78. The van der Waals surface area contributed by atoms with E-state index in [1.807, 2.05) is 39.8 Å². The number of aryl methyl sites for hydroxylation is 3. The van der Waals surface area contributed by atoms with Gasteiger partial charge in [-0.05, 0) is 69.0 Å². The van der Waals surface area contributed by atoms with Crippen LogP contribution in [0, 0.1) is 19.7 Å². The summed E-state index contributed by atoms with van der Waals surface area (Å²) in [5.41, 5.74) is 4.13. The molecule has 1 aliphatic rings. The molecule has 1 aliphatic heterocycles. The van der Waals surface area contributed by atoms with Crippen molar-refractivity contribution in [3.63, 3.8) is 0 Å². The van der Waals surface area contributed by atoms with E-state index in [4.69, 9.17) is 14.6 Å². The minimum atomic E-state index is -0.810. The smallest absolute Gasteiger partial charge is 0.303 e. The summed E-state index contributed by atoms with van der Waals surface area (Å²) in [6.07, 6.45) is 1.26. The summed E-state index contributed by atoms with van der Waals surface area (Å²) in [4.78, 5) is 10.8. The largest absolute Gasteiger partial charge is 0.488 e. The van der Waals surface area contributed by atoms with E-state index in [9.17, 15) is 9.18 Å². The van der Waals surface area contributed by atoms with Gasteiger partial charge < -0.3 is 14.6 Å². The van der Waals surface area contributed by atoms with E-state index in [0.29, 0.717) is 29.9 Å². The molecular weight excluding hydrogens is 347 g/mol. The van der Waals surface area contributed by atoms with Crippen LogP contribution in [0.2, 0.25) is 0 Å². The molecule has 0 unspecified atom stereocenters.